The first kappa shape index (κ1) is 32.0. The molecule has 6 N–H and O–H groups in total. The van der Waals surface area contributed by atoms with Crippen molar-refractivity contribution in [1.29, 1.82) is 0 Å². The first-order valence-corrected chi connectivity index (χ1v) is 2.35. The van der Waals surface area contributed by atoms with Crippen LogP contribution >= 0.6 is 7.82 Å². The summed E-state index contributed by atoms with van der Waals surface area (Å²) in [7, 11) is -4.64. The van der Waals surface area contributed by atoms with Crippen LogP contribution in [0.25, 0.3) is 0 Å². The molecule has 0 aliphatic carbocycles. The van der Waals surface area contributed by atoms with Crippen molar-refractivity contribution in [3.05, 3.63) is 0 Å². The molecule has 0 aliphatic heterocycles. The van der Waals surface area contributed by atoms with Gasteiger partial charge in [0.15, 0.2) is 0 Å². The van der Waals surface area contributed by atoms with Crippen molar-refractivity contribution in [2.24, 2.45) is 0 Å². The third-order valence-electron chi connectivity index (χ3n) is 0. The average Bonchev–Trinajstić information content (AvgIpc) is 0.722. The first-order chi connectivity index (χ1) is 2.00. The van der Waals surface area contributed by atoms with Crippen molar-refractivity contribution in [2.45, 2.75) is 7.43 Å². The fourth-order valence-electron chi connectivity index (χ4n) is 0. The van der Waals surface area contributed by atoms with E-state index in [9.17, 15) is 0 Å². The molecule has 0 aromatic carbocycles. The van der Waals surface area contributed by atoms with Gasteiger partial charge in [0.1, 0.15) is 0 Å². The standard InChI is InChI=1S/CH4.Fe.Li.H3N.H3O4P.H/c;;;;1-5(2,3)4;/h1H4;;;1H3;(H3,1,2,3,4);/q;;+1;;;-1. The van der Waals surface area contributed by atoms with Crippen LogP contribution in [0.2, 0.25) is 0 Å². The molecule has 0 amide bonds. The second kappa shape index (κ2) is 11.9. The van der Waals surface area contributed by atoms with E-state index in [2.05, 4.69) is 0 Å². The van der Waals surface area contributed by atoms with E-state index in [1.165, 1.54) is 0 Å². The molecular weight excluding hydrogens is 184 g/mol. The summed E-state index contributed by atoms with van der Waals surface area (Å²) in [5.74, 6) is 0. The Morgan fingerprint density at radius 1 is 1.22 bits per heavy atom. The van der Waals surface area contributed by atoms with Gasteiger partial charge in [-0.15, -0.1) is 0 Å². The van der Waals surface area contributed by atoms with Gasteiger partial charge >= 0.3 is 26.7 Å². The fraction of sp³-hybridized carbons (Fsp3) is 1.00. The predicted octanol–water partition coefficient (Wildman–Crippen LogP) is -3.02. The van der Waals surface area contributed by atoms with Crippen LogP contribution in [-0.2, 0) is 21.6 Å². The largest absolute Gasteiger partial charge is 1.00 e. The summed E-state index contributed by atoms with van der Waals surface area (Å²) in [5.41, 5.74) is 0. The minimum Gasteiger partial charge on any atom is -1.00 e. The molecule has 0 heterocycles. The van der Waals surface area contributed by atoms with Gasteiger partial charge in [-0.25, -0.2) is 4.57 Å². The maximum atomic E-state index is 8.88. The third-order valence-corrected chi connectivity index (χ3v) is 0. The molecule has 0 unspecified atom stereocenters. The number of rotatable bonds is 0. The maximum Gasteiger partial charge on any atom is 1.00 e. The Bertz CT molecular complexity index is 71.4. The molecule has 0 aliphatic rings. The summed E-state index contributed by atoms with van der Waals surface area (Å²) in [4.78, 5) is 21.6. The summed E-state index contributed by atoms with van der Waals surface area (Å²) in [6.45, 7) is 0. The molecule has 0 saturated heterocycles. The Balaban J connectivity index is -0.00000000800. The van der Waals surface area contributed by atoms with Gasteiger partial charge in [0.05, 0.1) is 0 Å². The van der Waals surface area contributed by atoms with Crippen LogP contribution < -0.4 is 25.0 Å². The van der Waals surface area contributed by atoms with Crippen LogP contribution in [0.1, 0.15) is 8.85 Å². The zero-order valence-electron chi connectivity index (χ0n) is 5.26. The second-order valence-electron chi connectivity index (χ2n) is 0.513. The van der Waals surface area contributed by atoms with Crippen LogP contribution in [0, 0.1) is 0 Å². The van der Waals surface area contributed by atoms with E-state index in [0.29, 0.717) is 0 Å². The number of phosphoric acid groups is 1. The van der Waals surface area contributed by atoms with Gasteiger partial charge in [-0.2, -0.15) is 0 Å². The number of hydrogen-bond acceptors (Lipinski definition) is 2. The summed E-state index contributed by atoms with van der Waals surface area (Å²) in [6.07, 6.45) is 0. The molecule has 0 fully saturated rings. The van der Waals surface area contributed by atoms with Crippen molar-refractivity contribution in [3.8, 4) is 0 Å². The molecule has 0 saturated carbocycles. The zero-order valence-corrected chi connectivity index (χ0v) is 6.26. The molecular formula is CH11FeLiNO4P. The van der Waals surface area contributed by atoms with Crippen LogP contribution in [0.15, 0.2) is 0 Å². The quantitative estimate of drug-likeness (QED) is 0.242. The normalized spacial score (nSPS) is 6.56. The van der Waals surface area contributed by atoms with Gasteiger partial charge in [0.25, 0.3) is 0 Å². The number of hydrogen-bond donors (Lipinski definition) is 4. The molecule has 0 aromatic rings. The van der Waals surface area contributed by atoms with E-state index in [0.717, 1.165) is 0 Å². The summed E-state index contributed by atoms with van der Waals surface area (Å²) >= 11 is 0. The minimum atomic E-state index is -4.64. The second-order valence-corrected chi connectivity index (χ2v) is 1.54. The van der Waals surface area contributed by atoms with E-state index >= 15 is 0 Å². The van der Waals surface area contributed by atoms with Crippen molar-refractivity contribution < 1.29 is 56.6 Å². The Morgan fingerprint density at radius 3 is 1.22 bits per heavy atom. The van der Waals surface area contributed by atoms with Gasteiger partial charge in [0.2, 0.25) is 0 Å². The average molecular weight is 195 g/mol. The summed E-state index contributed by atoms with van der Waals surface area (Å²) < 4.78 is 8.88. The molecule has 0 atom stereocenters. The van der Waals surface area contributed by atoms with Crippen LogP contribution in [-0.4, -0.2) is 14.7 Å². The Hall–Kier alpha value is 1.19. The Labute approximate surface area is 78.2 Å². The molecule has 58 valence electrons. The summed E-state index contributed by atoms with van der Waals surface area (Å²) in [5, 5.41) is 0. The monoisotopic (exact) mass is 195 g/mol. The molecule has 8 heteroatoms. The van der Waals surface area contributed by atoms with E-state index in [-0.39, 0.29) is 50.9 Å². The minimum absolute atomic E-state index is 0. The topological polar surface area (TPSA) is 113 Å². The van der Waals surface area contributed by atoms with Crippen molar-refractivity contribution >= 4 is 7.82 Å². The van der Waals surface area contributed by atoms with Gasteiger partial charge in [-0.3, -0.25) is 0 Å². The predicted molar refractivity (Wildman–Crippen MR) is 27.1 cm³/mol. The summed E-state index contributed by atoms with van der Waals surface area (Å²) in [6, 6.07) is 0. The SMILES string of the molecule is C.N.O=P(O)(O)O.[Fe].[H-].[Li+]. The van der Waals surface area contributed by atoms with Gasteiger partial charge in [-0.05, 0) is 0 Å². The van der Waals surface area contributed by atoms with Crippen molar-refractivity contribution in [2.75, 3.05) is 0 Å². The molecule has 0 radical (unpaired) electrons. The molecule has 0 spiro atoms. The molecule has 0 aromatic heterocycles. The zero-order chi connectivity index (χ0) is 4.50. The fourth-order valence-corrected chi connectivity index (χ4v) is 0. The van der Waals surface area contributed by atoms with Gasteiger partial charge in [0, 0.05) is 17.1 Å². The van der Waals surface area contributed by atoms with E-state index in [4.69, 9.17) is 19.2 Å². The Morgan fingerprint density at radius 2 is 1.22 bits per heavy atom. The van der Waals surface area contributed by atoms with E-state index in [1.807, 2.05) is 0 Å². The molecule has 0 bridgehead atoms. The molecule has 5 nitrogen and oxygen atoms in total. The molecule has 9 heavy (non-hydrogen) atoms. The van der Waals surface area contributed by atoms with Gasteiger partial charge < -0.3 is 22.3 Å². The Kier molecular flexibility index (Phi) is 42.3. The van der Waals surface area contributed by atoms with Crippen molar-refractivity contribution in [1.82, 2.24) is 6.15 Å². The first-order valence-electron chi connectivity index (χ1n) is 0.783. The van der Waals surface area contributed by atoms with Crippen LogP contribution in [0.3, 0.4) is 0 Å². The van der Waals surface area contributed by atoms with E-state index < -0.39 is 7.82 Å². The van der Waals surface area contributed by atoms with Crippen LogP contribution in [0.4, 0.5) is 0 Å². The smallest absolute Gasteiger partial charge is 1.00 e. The van der Waals surface area contributed by atoms with Gasteiger partial charge in [-0.1, -0.05) is 7.43 Å². The van der Waals surface area contributed by atoms with Crippen LogP contribution in [0.5, 0.6) is 0 Å². The molecule has 0 rings (SSSR count). The van der Waals surface area contributed by atoms with Crippen molar-refractivity contribution in [3.63, 3.8) is 0 Å². The third kappa shape index (κ3) is 337. The maximum absolute atomic E-state index is 8.88. The van der Waals surface area contributed by atoms with E-state index in [1.54, 1.807) is 0 Å².